The van der Waals surface area contributed by atoms with Crippen LogP contribution < -0.4 is 11.3 Å². The Morgan fingerprint density at radius 3 is 3.00 bits per heavy atom. The van der Waals surface area contributed by atoms with Crippen molar-refractivity contribution < 1.29 is 4.74 Å². The summed E-state index contributed by atoms with van der Waals surface area (Å²) in [6.45, 7) is 7.21. The second-order valence-corrected chi connectivity index (χ2v) is 5.46. The fourth-order valence-electron chi connectivity index (χ4n) is 2.93. The van der Waals surface area contributed by atoms with Gasteiger partial charge >= 0.3 is 0 Å². The Balaban J connectivity index is 2.08. The minimum absolute atomic E-state index is 0.189. The van der Waals surface area contributed by atoms with Gasteiger partial charge in [0.25, 0.3) is 0 Å². The highest BCUT2D eigenvalue weighted by molar-refractivity contribution is 4.95. The number of ether oxygens (including phenoxy) is 1. The quantitative estimate of drug-likeness (QED) is 0.595. The van der Waals surface area contributed by atoms with Gasteiger partial charge in [0, 0.05) is 31.0 Å². The van der Waals surface area contributed by atoms with E-state index >= 15 is 0 Å². The van der Waals surface area contributed by atoms with Gasteiger partial charge in [-0.25, -0.2) is 9.67 Å². The van der Waals surface area contributed by atoms with Crippen LogP contribution in [0.15, 0.2) is 6.33 Å². The minimum atomic E-state index is 0.189. The third-order valence-corrected chi connectivity index (χ3v) is 3.93. The molecule has 2 heterocycles. The Kier molecular flexibility index (Phi) is 4.90. The zero-order valence-corrected chi connectivity index (χ0v) is 12.0. The molecule has 1 aliphatic rings. The molecule has 0 spiro atoms. The van der Waals surface area contributed by atoms with Crippen molar-refractivity contribution in [2.75, 3.05) is 6.61 Å². The van der Waals surface area contributed by atoms with E-state index in [4.69, 9.17) is 10.6 Å². The second-order valence-electron chi connectivity index (χ2n) is 5.46. The van der Waals surface area contributed by atoms with Gasteiger partial charge in [-0.2, -0.15) is 5.10 Å². The number of nitrogens with two attached hydrogens (primary N) is 1. The largest absolute Gasteiger partial charge is 0.378 e. The van der Waals surface area contributed by atoms with Crippen molar-refractivity contribution in [3.63, 3.8) is 0 Å². The molecule has 19 heavy (non-hydrogen) atoms. The fraction of sp³-hybridized carbons (Fsp3) is 0.846. The van der Waals surface area contributed by atoms with Crippen LogP contribution in [0.3, 0.4) is 0 Å². The topological polar surface area (TPSA) is 78.0 Å². The Hall–Kier alpha value is -0.980. The molecule has 0 aliphatic carbocycles. The van der Waals surface area contributed by atoms with Gasteiger partial charge in [0.05, 0.1) is 6.10 Å². The molecule has 2 rings (SSSR count). The number of hydrogen-bond acceptors (Lipinski definition) is 5. The van der Waals surface area contributed by atoms with Crippen LogP contribution in [0.25, 0.3) is 0 Å². The SMILES string of the molecule is CCC1OCCC1C(Cc1ncnn1C(C)C)NN. The smallest absolute Gasteiger partial charge is 0.138 e. The molecule has 0 aromatic carbocycles. The lowest BCUT2D eigenvalue weighted by Crippen LogP contribution is -2.45. The van der Waals surface area contributed by atoms with Gasteiger partial charge in [-0.1, -0.05) is 6.92 Å². The molecule has 0 saturated carbocycles. The van der Waals surface area contributed by atoms with Crippen LogP contribution >= 0.6 is 0 Å². The van der Waals surface area contributed by atoms with E-state index in [1.165, 1.54) is 0 Å². The molecule has 0 bridgehead atoms. The monoisotopic (exact) mass is 267 g/mol. The average Bonchev–Trinajstić information content (AvgIpc) is 3.04. The zero-order chi connectivity index (χ0) is 13.8. The summed E-state index contributed by atoms with van der Waals surface area (Å²) in [5, 5.41) is 4.27. The summed E-state index contributed by atoms with van der Waals surface area (Å²) in [4.78, 5) is 4.36. The molecule has 3 unspecified atom stereocenters. The van der Waals surface area contributed by atoms with Crippen molar-refractivity contribution in [1.82, 2.24) is 20.2 Å². The molecule has 108 valence electrons. The van der Waals surface area contributed by atoms with Gasteiger partial charge in [-0.05, 0) is 26.7 Å². The molecular formula is C13H25N5O. The molecule has 1 aromatic heterocycles. The predicted molar refractivity (Wildman–Crippen MR) is 73.4 cm³/mol. The van der Waals surface area contributed by atoms with E-state index in [0.717, 1.165) is 31.7 Å². The number of hydrogen-bond donors (Lipinski definition) is 2. The molecule has 6 nitrogen and oxygen atoms in total. The van der Waals surface area contributed by atoms with Crippen LogP contribution in [0, 0.1) is 5.92 Å². The van der Waals surface area contributed by atoms with Gasteiger partial charge in [-0.3, -0.25) is 11.3 Å². The Labute approximate surface area is 114 Å². The second kappa shape index (κ2) is 6.45. The van der Waals surface area contributed by atoms with Crippen molar-refractivity contribution >= 4 is 0 Å². The highest BCUT2D eigenvalue weighted by Crippen LogP contribution is 2.27. The number of rotatable bonds is 6. The molecule has 1 fully saturated rings. The number of hydrazine groups is 1. The molecule has 3 N–H and O–H groups in total. The zero-order valence-electron chi connectivity index (χ0n) is 12.0. The Morgan fingerprint density at radius 2 is 2.37 bits per heavy atom. The maximum atomic E-state index is 5.76. The van der Waals surface area contributed by atoms with Crippen molar-refractivity contribution in [3.05, 3.63) is 12.2 Å². The summed E-state index contributed by atoms with van der Waals surface area (Å²) in [6, 6.07) is 0.506. The summed E-state index contributed by atoms with van der Waals surface area (Å²) in [5.74, 6) is 7.19. The standard InChI is InChI=1S/C13H25N5O/c1-4-12-10(5-6-19-12)11(17-14)7-13-15-8-16-18(13)9(2)3/h8-12,17H,4-7,14H2,1-3H3. The molecule has 1 aromatic rings. The highest BCUT2D eigenvalue weighted by Gasteiger charge is 2.34. The van der Waals surface area contributed by atoms with Crippen LogP contribution in [-0.2, 0) is 11.2 Å². The van der Waals surface area contributed by atoms with E-state index in [9.17, 15) is 0 Å². The molecule has 0 radical (unpaired) electrons. The molecule has 1 aliphatic heterocycles. The third-order valence-electron chi connectivity index (χ3n) is 3.93. The van der Waals surface area contributed by atoms with Crippen LogP contribution in [0.2, 0.25) is 0 Å². The lowest BCUT2D eigenvalue weighted by Gasteiger charge is -2.26. The number of nitrogens with one attached hydrogen (secondary N) is 1. The van der Waals surface area contributed by atoms with E-state index in [2.05, 4.69) is 36.3 Å². The predicted octanol–water partition coefficient (Wildman–Crippen LogP) is 1.05. The normalized spacial score (nSPS) is 25.1. The van der Waals surface area contributed by atoms with Crippen molar-refractivity contribution in [2.45, 2.75) is 58.2 Å². The van der Waals surface area contributed by atoms with Gasteiger partial charge < -0.3 is 4.74 Å². The first kappa shape index (κ1) is 14.4. The maximum absolute atomic E-state index is 5.76. The fourth-order valence-corrected chi connectivity index (χ4v) is 2.93. The highest BCUT2D eigenvalue weighted by atomic mass is 16.5. The Morgan fingerprint density at radius 1 is 1.58 bits per heavy atom. The maximum Gasteiger partial charge on any atom is 0.138 e. The van der Waals surface area contributed by atoms with E-state index < -0.39 is 0 Å². The van der Waals surface area contributed by atoms with Gasteiger partial charge in [0.2, 0.25) is 0 Å². The lowest BCUT2D eigenvalue weighted by atomic mass is 9.89. The van der Waals surface area contributed by atoms with E-state index in [1.54, 1.807) is 6.33 Å². The summed E-state index contributed by atoms with van der Waals surface area (Å²) < 4.78 is 7.72. The molecular weight excluding hydrogens is 242 g/mol. The van der Waals surface area contributed by atoms with Gasteiger partial charge in [-0.15, -0.1) is 0 Å². The molecule has 6 heteroatoms. The average molecular weight is 267 g/mol. The minimum Gasteiger partial charge on any atom is -0.378 e. The summed E-state index contributed by atoms with van der Waals surface area (Å²) in [5.41, 5.74) is 2.95. The van der Waals surface area contributed by atoms with Crippen molar-refractivity contribution in [2.24, 2.45) is 11.8 Å². The van der Waals surface area contributed by atoms with E-state index in [1.807, 2.05) is 4.68 Å². The van der Waals surface area contributed by atoms with Crippen molar-refractivity contribution in [3.8, 4) is 0 Å². The van der Waals surface area contributed by atoms with E-state index in [0.29, 0.717) is 18.1 Å². The van der Waals surface area contributed by atoms with Crippen LogP contribution in [0.4, 0.5) is 0 Å². The molecule has 3 atom stereocenters. The van der Waals surface area contributed by atoms with Gasteiger partial charge in [0.15, 0.2) is 0 Å². The van der Waals surface area contributed by atoms with Crippen molar-refractivity contribution in [1.29, 1.82) is 0 Å². The summed E-state index contributed by atoms with van der Waals surface area (Å²) >= 11 is 0. The summed E-state index contributed by atoms with van der Waals surface area (Å²) in [7, 11) is 0. The first-order valence-electron chi connectivity index (χ1n) is 7.13. The first-order chi connectivity index (χ1) is 9.17. The van der Waals surface area contributed by atoms with Gasteiger partial charge in [0.1, 0.15) is 12.2 Å². The molecule has 1 saturated heterocycles. The first-order valence-corrected chi connectivity index (χ1v) is 7.13. The summed E-state index contributed by atoms with van der Waals surface area (Å²) in [6.07, 6.45) is 4.80. The van der Waals surface area contributed by atoms with Crippen LogP contribution in [-0.4, -0.2) is 33.5 Å². The van der Waals surface area contributed by atoms with E-state index in [-0.39, 0.29) is 6.04 Å². The number of nitrogens with zero attached hydrogens (tertiary/aromatic N) is 3. The lowest BCUT2D eigenvalue weighted by molar-refractivity contribution is 0.0771. The Bertz CT molecular complexity index is 392. The third kappa shape index (κ3) is 3.13. The molecule has 0 amide bonds. The van der Waals surface area contributed by atoms with Crippen LogP contribution in [0.1, 0.15) is 45.5 Å². The number of aromatic nitrogens is 3. The van der Waals surface area contributed by atoms with Crippen LogP contribution in [0.5, 0.6) is 0 Å².